The first kappa shape index (κ1) is 20.1. The van der Waals surface area contributed by atoms with Gasteiger partial charge in [0.2, 0.25) is 5.82 Å². The maximum atomic E-state index is 13.1. The second kappa shape index (κ2) is 6.52. The van der Waals surface area contributed by atoms with Crippen LogP contribution in [0.3, 0.4) is 0 Å². The Hall–Kier alpha value is -2.18. The van der Waals surface area contributed by atoms with Crippen LogP contribution in [-0.2, 0) is 23.8 Å². The maximum Gasteiger partial charge on any atom is 0.573 e. The van der Waals surface area contributed by atoms with Crippen molar-refractivity contribution in [3.8, 4) is 5.75 Å². The molecular weight excluding hydrogens is 387 g/mol. The van der Waals surface area contributed by atoms with Crippen molar-refractivity contribution >= 4 is 11.0 Å². The first-order valence-electron chi connectivity index (χ1n) is 6.76. The second-order valence-corrected chi connectivity index (χ2v) is 4.87. The van der Waals surface area contributed by atoms with Crippen molar-refractivity contribution in [3.63, 3.8) is 0 Å². The Bertz CT molecular complexity index is 790. The number of imidazole rings is 1. The van der Waals surface area contributed by atoms with Crippen LogP contribution in [0.1, 0.15) is 18.3 Å². The molecule has 0 radical (unpaired) electrons. The van der Waals surface area contributed by atoms with Crippen LogP contribution in [0, 0.1) is 0 Å². The van der Waals surface area contributed by atoms with Gasteiger partial charge in [0.1, 0.15) is 18.0 Å². The van der Waals surface area contributed by atoms with Gasteiger partial charge in [0, 0.05) is 12.7 Å². The van der Waals surface area contributed by atoms with Crippen LogP contribution in [0.5, 0.6) is 5.75 Å². The molecule has 1 aromatic heterocycles. The number of hydrogen-bond donors (Lipinski definition) is 0. The molecule has 0 saturated heterocycles. The van der Waals surface area contributed by atoms with E-state index in [0.29, 0.717) is 6.07 Å². The molecule has 0 amide bonds. The highest BCUT2D eigenvalue weighted by Crippen LogP contribution is 2.41. The molecule has 0 aliphatic heterocycles. The summed E-state index contributed by atoms with van der Waals surface area (Å²) in [5.41, 5.74) is -3.83. The van der Waals surface area contributed by atoms with Crippen molar-refractivity contribution in [1.29, 1.82) is 0 Å². The fraction of sp³-hybridized carbons (Fsp3) is 0.462. The SMILES string of the molecule is CCOCn1c(C(F)(F)F)nc2c(C(F)(F)F)cc(OC(F)(F)F)cc21. The van der Waals surface area contributed by atoms with Crippen LogP contribution in [0.4, 0.5) is 39.5 Å². The standard InChI is InChI=1S/C13H9F9N2O2/c1-2-25-5-24-8-4-6(26-13(20,21)22)3-7(11(14,15)16)9(8)23-10(24)12(17,18)19/h3-4H,2,5H2,1H3. The molecule has 0 bridgehead atoms. The molecule has 0 spiro atoms. The lowest BCUT2D eigenvalue weighted by Crippen LogP contribution is -2.18. The molecule has 146 valence electrons. The fourth-order valence-electron chi connectivity index (χ4n) is 2.14. The lowest BCUT2D eigenvalue weighted by Gasteiger charge is -2.14. The summed E-state index contributed by atoms with van der Waals surface area (Å²) in [5, 5.41) is 0. The van der Waals surface area contributed by atoms with E-state index in [1.54, 1.807) is 0 Å². The van der Waals surface area contributed by atoms with Crippen molar-refractivity contribution in [2.45, 2.75) is 32.4 Å². The molecule has 13 heteroatoms. The van der Waals surface area contributed by atoms with E-state index >= 15 is 0 Å². The summed E-state index contributed by atoms with van der Waals surface area (Å²) in [4.78, 5) is 2.94. The zero-order valence-electron chi connectivity index (χ0n) is 12.7. The molecule has 26 heavy (non-hydrogen) atoms. The Labute approximate surface area is 139 Å². The maximum absolute atomic E-state index is 13.1. The van der Waals surface area contributed by atoms with Gasteiger partial charge in [-0.1, -0.05) is 0 Å². The van der Waals surface area contributed by atoms with Crippen molar-refractivity contribution in [2.24, 2.45) is 0 Å². The number of aromatic nitrogens is 2. The normalized spacial score (nSPS) is 13.5. The minimum atomic E-state index is -5.34. The second-order valence-electron chi connectivity index (χ2n) is 4.87. The number of rotatable bonds is 4. The summed E-state index contributed by atoms with van der Waals surface area (Å²) in [6, 6.07) is 0.327. The van der Waals surface area contributed by atoms with E-state index in [-0.39, 0.29) is 17.2 Å². The van der Waals surface area contributed by atoms with Crippen LogP contribution in [0.25, 0.3) is 11.0 Å². The number of fused-ring (bicyclic) bond motifs is 1. The topological polar surface area (TPSA) is 36.3 Å². The summed E-state index contributed by atoms with van der Waals surface area (Å²) in [6.45, 7) is 0.447. The quantitative estimate of drug-likeness (QED) is 0.685. The third-order valence-corrected chi connectivity index (χ3v) is 3.04. The van der Waals surface area contributed by atoms with Gasteiger partial charge in [-0.05, 0) is 13.0 Å². The minimum absolute atomic E-state index is 0.0615. The van der Waals surface area contributed by atoms with Crippen LogP contribution >= 0.6 is 0 Å². The van der Waals surface area contributed by atoms with Gasteiger partial charge in [0.15, 0.2) is 0 Å². The molecule has 4 nitrogen and oxygen atoms in total. The highest BCUT2D eigenvalue weighted by molar-refractivity contribution is 5.82. The minimum Gasteiger partial charge on any atom is -0.406 e. The van der Waals surface area contributed by atoms with Gasteiger partial charge >= 0.3 is 18.7 Å². The summed E-state index contributed by atoms with van der Waals surface area (Å²) < 4.78 is 124. The summed E-state index contributed by atoms with van der Waals surface area (Å²) >= 11 is 0. The first-order chi connectivity index (χ1) is 11.7. The van der Waals surface area contributed by atoms with Crippen molar-refractivity contribution in [1.82, 2.24) is 9.55 Å². The molecular formula is C13H9F9N2O2. The van der Waals surface area contributed by atoms with E-state index in [1.807, 2.05) is 0 Å². The van der Waals surface area contributed by atoms with Gasteiger partial charge in [-0.2, -0.15) is 26.3 Å². The summed E-state index contributed by atoms with van der Waals surface area (Å²) in [6.07, 6.45) is -15.8. The van der Waals surface area contributed by atoms with Crippen molar-refractivity contribution in [2.75, 3.05) is 6.61 Å². The predicted molar refractivity (Wildman–Crippen MR) is 68.0 cm³/mol. The summed E-state index contributed by atoms with van der Waals surface area (Å²) in [7, 11) is 0. The Kier molecular flexibility index (Phi) is 5.05. The molecule has 2 aromatic rings. The molecule has 0 N–H and O–H groups in total. The molecule has 0 atom stereocenters. The molecule has 0 fully saturated rings. The average molecular weight is 396 g/mol. The van der Waals surface area contributed by atoms with Gasteiger partial charge in [-0.15, -0.1) is 13.2 Å². The van der Waals surface area contributed by atoms with E-state index in [4.69, 9.17) is 4.74 Å². The molecule has 2 rings (SSSR count). The van der Waals surface area contributed by atoms with Crippen LogP contribution < -0.4 is 4.74 Å². The Morgan fingerprint density at radius 1 is 0.962 bits per heavy atom. The van der Waals surface area contributed by atoms with Crippen LogP contribution in [-0.4, -0.2) is 22.5 Å². The van der Waals surface area contributed by atoms with E-state index in [9.17, 15) is 39.5 Å². The molecule has 0 saturated carbocycles. The highest BCUT2D eigenvalue weighted by atomic mass is 19.4. The average Bonchev–Trinajstić information content (AvgIpc) is 2.80. The van der Waals surface area contributed by atoms with Crippen molar-refractivity contribution < 1.29 is 49.0 Å². The third kappa shape index (κ3) is 4.31. The smallest absolute Gasteiger partial charge is 0.406 e. The lowest BCUT2D eigenvalue weighted by molar-refractivity contribution is -0.274. The molecule has 0 aliphatic rings. The number of ether oxygens (including phenoxy) is 2. The monoisotopic (exact) mass is 396 g/mol. The Morgan fingerprint density at radius 2 is 1.58 bits per heavy atom. The van der Waals surface area contributed by atoms with E-state index in [0.717, 1.165) is 0 Å². The number of alkyl halides is 9. The largest absolute Gasteiger partial charge is 0.573 e. The lowest BCUT2D eigenvalue weighted by atomic mass is 10.1. The predicted octanol–water partition coefficient (Wildman–Crippen LogP) is 4.97. The van der Waals surface area contributed by atoms with Gasteiger partial charge < -0.3 is 9.47 Å². The zero-order valence-corrected chi connectivity index (χ0v) is 12.7. The third-order valence-electron chi connectivity index (χ3n) is 3.04. The fourth-order valence-corrected chi connectivity index (χ4v) is 2.14. The molecule has 0 aliphatic carbocycles. The Morgan fingerprint density at radius 3 is 2.04 bits per heavy atom. The molecule has 0 unspecified atom stereocenters. The number of halogens is 9. The Balaban J connectivity index is 2.81. The van der Waals surface area contributed by atoms with E-state index in [1.165, 1.54) is 6.92 Å². The van der Waals surface area contributed by atoms with Crippen molar-refractivity contribution in [3.05, 3.63) is 23.5 Å². The van der Waals surface area contributed by atoms with Gasteiger partial charge in [-0.25, -0.2) is 4.98 Å². The van der Waals surface area contributed by atoms with Crippen LogP contribution in [0.2, 0.25) is 0 Å². The summed E-state index contributed by atoms with van der Waals surface area (Å²) in [5.74, 6) is -3.07. The number of nitrogens with zero attached hydrogens (tertiary/aromatic N) is 2. The van der Waals surface area contributed by atoms with Gasteiger partial charge in [0.05, 0.1) is 11.1 Å². The van der Waals surface area contributed by atoms with E-state index < -0.39 is 53.6 Å². The number of benzene rings is 1. The zero-order chi connectivity index (χ0) is 19.9. The molecule has 1 heterocycles. The molecule has 1 aromatic carbocycles. The first-order valence-corrected chi connectivity index (χ1v) is 6.76. The number of hydrogen-bond acceptors (Lipinski definition) is 3. The van der Waals surface area contributed by atoms with Gasteiger partial charge in [-0.3, -0.25) is 4.57 Å². The van der Waals surface area contributed by atoms with E-state index in [2.05, 4.69) is 9.72 Å². The van der Waals surface area contributed by atoms with Crippen LogP contribution in [0.15, 0.2) is 12.1 Å². The van der Waals surface area contributed by atoms with Gasteiger partial charge in [0.25, 0.3) is 0 Å². The highest BCUT2D eigenvalue weighted by Gasteiger charge is 2.42.